The minimum atomic E-state index is 0.642. The Labute approximate surface area is 326 Å². The van der Waals surface area contributed by atoms with Gasteiger partial charge in [0.25, 0.3) is 0 Å². The summed E-state index contributed by atoms with van der Waals surface area (Å²) in [6, 6.07) is 65.4. The van der Waals surface area contributed by atoms with Crippen LogP contribution in [0.25, 0.3) is 104 Å². The van der Waals surface area contributed by atoms with Crippen molar-refractivity contribution >= 4 is 53.4 Å². The highest BCUT2D eigenvalue weighted by Gasteiger charge is 2.23. The van der Waals surface area contributed by atoms with E-state index in [2.05, 4.69) is 132 Å². The highest BCUT2D eigenvalue weighted by atomic mass is 32.1. The standard InChI is InChI=1S/C50H31N5S/c1-4-14-34(15-5-1)44-43-45-47(56-46(43)39-20-10-12-22-41(39)51-44)40-21-11-13-23-42(40)55(45)38-30-28-33(29-31-38)32-24-26-37(27-25-32)50-53-48(35-16-6-2-7-17-35)52-49(54-50)36-18-8-3-9-19-36/h1-31H. The quantitative estimate of drug-likeness (QED) is 0.171. The molecule has 0 saturated heterocycles. The first-order valence-corrected chi connectivity index (χ1v) is 19.5. The average Bonchev–Trinajstić information content (AvgIpc) is 3.83. The fourth-order valence-corrected chi connectivity index (χ4v) is 9.13. The van der Waals surface area contributed by atoms with E-state index in [1.165, 1.54) is 36.6 Å². The van der Waals surface area contributed by atoms with Crippen molar-refractivity contribution in [3.63, 3.8) is 0 Å². The monoisotopic (exact) mass is 733 g/mol. The summed E-state index contributed by atoms with van der Waals surface area (Å²) in [5.74, 6) is 1.95. The molecule has 4 heterocycles. The fourth-order valence-electron chi connectivity index (χ4n) is 7.77. The second-order valence-corrected chi connectivity index (χ2v) is 14.9. The molecule has 0 unspecified atom stereocenters. The van der Waals surface area contributed by atoms with Gasteiger partial charge in [0.15, 0.2) is 17.5 Å². The van der Waals surface area contributed by atoms with Crippen molar-refractivity contribution in [3.8, 4) is 62.2 Å². The molecule has 11 rings (SSSR count). The number of thiophene rings is 1. The third-order valence-corrected chi connectivity index (χ3v) is 11.7. The largest absolute Gasteiger partial charge is 0.308 e. The van der Waals surface area contributed by atoms with Crippen LogP contribution < -0.4 is 0 Å². The third kappa shape index (κ3) is 5.38. The average molecular weight is 734 g/mol. The number of nitrogens with zero attached hydrogens (tertiary/aromatic N) is 5. The van der Waals surface area contributed by atoms with Crippen molar-refractivity contribution in [3.05, 3.63) is 188 Å². The van der Waals surface area contributed by atoms with Crippen molar-refractivity contribution in [1.82, 2.24) is 24.5 Å². The summed E-state index contributed by atoms with van der Waals surface area (Å²) in [6.07, 6.45) is 0. The van der Waals surface area contributed by atoms with E-state index in [9.17, 15) is 0 Å². The summed E-state index contributed by atoms with van der Waals surface area (Å²) in [7, 11) is 0. The normalized spacial score (nSPS) is 11.6. The number of para-hydroxylation sites is 2. The van der Waals surface area contributed by atoms with Crippen molar-refractivity contribution in [2.75, 3.05) is 0 Å². The molecule has 262 valence electrons. The molecule has 0 N–H and O–H groups in total. The molecule has 11 aromatic rings. The second kappa shape index (κ2) is 13.2. The van der Waals surface area contributed by atoms with Crippen LogP contribution in [0.5, 0.6) is 0 Å². The van der Waals surface area contributed by atoms with E-state index in [1.54, 1.807) is 0 Å². The fraction of sp³-hybridized carbons (Fsp3) is 0. The maximum Gasteiger partial charge on any atom is 0.164 e. The van der Waals surface area contributed by atoms with E-state index in [4.69, 9.17) is 19.9 Å². The third-order valence-electron chi connectivity index (χ3n) is 10.5. The van der Waals surface area contributed by atoms with Gasteiger partial charge in [-0.3, -0.25) is 0 Å². The zero-order valence-corrected chi connectivity index (χ0v) is 30.9. The van der Waals surface area contributed by atoms with Crippen LogP contribution in [0.15, 0.2) is 188 Å². The molecule has 0 aliphatic rings. The van der Waals surface area contributed by atoms with Crippen LogP contribution >= 0.6 is 11.3 Å². The Bertz CT molecular complexity index is 3150. The van der Waals surface area contributed by atoms with Gasteiger partial charge in [-0.25, -0.2) is 19.9 Å². The summed E-state index contributed by atoms with van der Waals surface area (Å²) in [5, 5.41) is 3.62. The SMILES string of the molecule is c1ccc(-c2nc(-c3ccccc3)nc(-c3ccc(-c4ccc(-n5c6ccccc6c6sc7c8ccccc8nc(-c8ccccc8)c7c65)cc4)cc3)n2)cc1. The van der Waals surface area contributed by atoms with Gasteiger partial charge in [0, 0.05) is 48.8 Å². The maximum atomic E-state index is 5.30. The van der Waals surface area contributed by atoms with Gasteiger partial charge in [-0.1, -0.05) is 164 Å². The lowest BCUT2D eigenvalue weighted by Crippen LogP contribution is -2.00. The molecule has 0 spiro atoms. The lowest BCUT2D eigenvalue weighted by atomic mass is 10.0. The first-order chi connectivity index (χ1) is 27.8. The molecule has 0 bridgehead atoms. The van der Waals surface area contributed by atoms with Gasteiger partial charge in [0.05, 0.1) is 26.9 Å². The van der Waals surface area contributed by atoms with Gasteiger partial charge in [-0.2, -0.15) is 0 Å². The Morgan fingerprint density at radius 2 is 0.821 bits per heavy atom. The lowest BCUT2D eigenvalue weighted by molar-refractivity contribution is 1.07. The molecule has 0 fully saturated rings. The Balaban J connectivity index is 1.01. The molecular weight excluding hydrogens is 703 g/mol. The van der Waals surface area contributed by atoms with E-state index in [0.717, 1.165) is 50.3 Å². The van der Waals surface area contributed by atoms with E-state index in [-0.39, 0.29) is 0 Å². The summed E-state index contributed by atoms with van der Waals surface area (Å²) in [6.45, 7) is 0. The number of pyridine rings is 1. The first kappa shape index (κ1) is 32.2. The summed E-state index contributed by atoms with van der Waals surface area (Å²) < 4.78 is 4.96. The van der Waals surface area contributed by atoms with Crippen LogP contribution in [-0.2, 0) is 0 Å². The molecule has 56 heavy (non-hydrogen) atoms. The zero-order chi connectivity index (χ0) is 37.0. The van der Waals surface area contributed by atoms with Crippen LogP contribution in [0.1, 0.15) is 0 Å². The van der Waals surface area contributed by atoms with Crippen LogP contribution in [0, 0.1) is 0 Å². The minimum Gasteiger partial charge on any atom is -0.308 e. The summed E-state index contributed by atoms with van der Waals surface area (Å²) >= 11 is 1.87. The van der Waals surface area contributed by atoms with Crippen LogP contribution in [0.3, 0.4) is 0 Å². The number of fused-ring (bicyclic) bond motifs is 7. The molecule has 4 aromatic heterocycles. The molecule has 7 aromatic carbocycles. The molecular formula is C50H31N5S. The molecule has 0 atom stereocenters. The number of aromatic nitrogens is 5. The topological polar surface area (TPSA) is 56.5 Å². The van der Waals surface area contributed by atoms with E-state index in [1.807, 2.05) is 72.0 Å². The molecule has 0 saturated carbocycles. The van der Waals surface area contributed by atoms with E-state index in [0.29, 0.717) is 17.5 Å². The van der Waals surface area contributed by atoms with Gasteiger partial charge >= 0.3 is 0 Å². The minimum absolute atomic E-state index is 0.642. The molecule has 0 radical (unpaired) electrons. The number of benzene rings is 7. The van der Waals surface area contributed by atoms with E-state index < -0.39 is 0 Å². The zero-order valence-electron chi connectivity index (χ0n) is 30.0. The highest BCUT2D eigenvalue weighted by Crippen LogP contribution is 2.47. The number of rotatable bonds is 6. The van der Waals surface area contributed by atoms with Gasteiger partial charge in [-0.05, 0) is 35.4 Å². The second-order valence-electron chi connectivity index (χ2n) is 13.8. The maximum absolute atomic E-state index is 5.30. The summed E-state index contributed by atoms with van der Waals surface area (Å²) in [4.78, 5) is 20.0. The smallest absolute Gasteiger partial charge is 0.164 e. The molecule has 5 nitrogen and oxygen atoms in total. The highest BCUT2D eigenvalue weighted by molar-refractivity contribution is 7.27. The predicted octanol–water partition coefficient (Wildman–Crippen LogP) is 13.1. The lowest BCUT2D eigenvalue weighted by Gasteiger charge is -2.12. The molecule has 0 amide bonds. The van der Waals surface area contributed by atoms with Gasteiger partial charge in [-0.15, -0.1) is 11.3 Å². The Hall–Kier alpha value is -7.28. The first-order valence-electron chi connectivity index (χ1n) is 18.6. The predicted molar refractivity (Wildman–Crippen MR) is 232 cm³/mol. The Morgan fingerprint density at radius 3 is 1.43 bits per heavy atom. The van der Waals surface area contributed by atoms with Crippen LogP contribution in [-0.4, -0.2) is 24.5 Å². The summed E-state index contributed by atoms with van der Waals surface area (Å²) in [5.41, 5.74) is 11.7. The number of hydrogen-bond donors (Lipinski definition) is 0. The van der Waals surface area contributed by atoms with Gasteiger partial charge in [0.1, 0.15) is 0 Å². The Morgan fingerprint density at radius 1 is 0.357 bits per heavy atom. The Kier molecular flexibility index (Phi) is 7.60. The molecule has 0 aliphatic carbocycles. The van der Waals surface area contributed by atoms with E-state index >= 15 is 0 Å². The van der Waals surface area contributed by atoms with Crippen molar-refractivity contribution in [2.24, 2.45) is 0 Å². The number of hydrogen-bond acceptors (Lipinski definition) is 5. The van der Waals surface area contributed by atoms with Gasteiger partial charge in [0.2, 0.25) is 0 Å². The van der Waals surface area contributed by atoms with Crippen LogP contribution in [0.2, 0.25) is 0 Å². The van der Waals surface area contributed by atoms with Crippen molar-refractivity contribution < 1.29 is 0 Å². The van der Waals surface area contributed by atoms with Crippen molar-refractivity contribution in [1.29, 1.82) is 0 Å². The van der Waals surface area contributed by atoms with Gasteiger partial charge < -0.3 is 4.57 Å². The van der Waals surface area contributed by atoms with Crippen molar-refractivity contribution in [2.45, 2.75) is 0 Å². The van der Waals surface area contributed by atoms with Crippen LogP contribution in [0.4, 0.5) is 0 Å². The molecule has 0 aliphatic heterocycles. The molecule has 6 heteroatoms.